The molecule has 1 amide bonds. The van der Waals surface area contributed by atoms with Gasteiger partial charge < -0.3 is 5.32 Å². The van der Waals surface area contributed by atoms with Gasteiger partial charge >= 0.3 is 0 Å². The summed E-state index contributed by atoms with van der Waals surface area (Å²) in [6.07, 6.45) is 2.07. The van der Waals surface area contributed by atoms with Crippen LogP contribution in [0.4, 0.5) is 10.3 Å². The van der Waals surface area contributed by atoms with Gasteiger partial charge in [-0.2, -0.15) is 10.1 Å². The molecule has 0 saturated carbocycles. The van der Waals surface area contributed by atoms with Crippen molar-refractivity contribution >= 4 is 27.8 Å². The Balaban J connectivity index is 1.65. The Kier molecular flexibility index (Phi) is 5.25. The summed E-state index contributed by atoms with van der Waals surface area (Å²) >= 11 is 3.10. The standard InChI is InChI=1S/C16H19BrFN5O/c1-23-16(21-15(22-23)11-4-6-19-7-5-11)20-14(24)9-10-2-3-12(17)13(18)8-10/h2-3,8,11,19H,4-7,9H2,1H3,(H,20,21,22,24). The van der Waals surface area contributed by atoms with E-state index in [2.05, 4.69) is 36.6 Å². The second-order valence-corrected chi connectivity index (χ2v) is 6.77. The third-order valence-electron chi connectivity index (χ3n) is 4.08. The van der Waals surface area contributed by atoms with Crippen LogP contribution in [0, 0.1) is 5.82 Å². The van der Waals surface area contributed by atoms with E-state index in [0.29, 0.717) is 21.9 Å². The Morgan fingerprint density at radius 2 is 2.21 bits per heavy atom. The number of halogens is 2. The van der Waals surface area contributed by atoms with Gasteiger partial charge in [0.15, 0.2) is 5.82 Å². The molecule has 3 rings (SSSR count). The fraction of sp³-hybridized carbons (Fsp3) is 0.438. The van der Waals surface area contributed by atoms with Crippen LogP contribution in [0.2, 0.25) is 0 Å². The van der Waals surface area contributed by atoms with Gasteiger partial charge in [0.2, 0.25) is 11.9 Å². The number of hydrogen-bond acceptors (Lipinski definition) is 4. The van der Waals surface area contributed by atoms with Crippen molar-refractivity contribution in [2.45, 2.75) is 25.2 Å². The minimum Gasteiger partial charge on any atom is -0.317 e. The van der Waals surface area contributed by atoms with E-state index < -0.39 is 0 Å². The largest absolute Gasteiger partial charge is 0.317 e. The zero-order valence-corrected chi connectivity index (χ0v) is 14.9. The topological polar surface area (TPSA) is 71.8 Å². The van der Waals surface area contributed by atoms with Gasteiger partial charge in [0.1, 0.15) is 5.82 Å². The summed E-state index contributed by atoms with van der Waals surface area (Å²) in [6, 6.07) is 4.65. The molecule has 6 nitrogen and oxygen atoms in total. The average molecular weight is 396 g/mol. The summed E-state index contributed by atoms with van der Waals surface area (Å²) < 4.78 is 15.5. The SMILES string of the molecule is Cn1nc(C2CCNCC2)nc1NC(=O)Cc1ccc(Br)c(F)c1. The lowest BCUT2D eigenvalue weighted by molar-refractivity contribution is -0.115. The van der Waals surface area contributed by atoms with Gasteiger partial charge in [-0.1, -0.05) is 6.07 Å². The number of carbonyl (C=O) groups is 1. The Morgan fingerprint density at radius 1 is 1.46 bits per heavy atom. The minimum atomic E-state index is -0.382. The number of amides is 1. The lowest BCUT2D eigenvalue weighted by Crippen LogP contribution is -2.27. The molecule has 1 aromatic heterocycles. The molecule has 1 saturated heterocycles. The number of aromatic nitrogens is 3. The van der Waals surface area contributed by atoms with E-state index in [-0.39, 0.29) is 18.1 Å². The molecule has 2 aromatic rings. The summed E-state index contributed by atoms with van der Waals surface area (Å²) in [5.74, 6) is 0.884. The third-order valence-corrected chi connectivity index (χ3v) is 4.73. The van der Waals surface area contributed by atoms with Crippen LogP contribution in [0.25, 0.3) is 0 Å². The minimum absolute atomic E-state index is 0.0831. The predicted octanol–water partition coefficient (Wildman–Crippen LogP) is 2.36. The normalized spacial score (nSPS) is 15.5. The van der Waals surface area contributed by atoms with E-state index in [1.165, 1.54) is 6.07 Å². The van der Waals surface area contributed by atoms with E-state index in [1.54, 1.807) is 23.9 Å². The van der Waals surface area contributed by atoms with Crippen LogP contribution in [0.5, 0.6) is 0 Å². The maximum atomic E-state index is 13.5. The fourth-order valence-electron chi connectivity index (χ4n) is 2.77. The van der Waals surface area contributed by atoms with Crippen LogP contribution < -0.4 is 10.6 Å². The Labute approximate surface area is 148 Å². The van der Waals surface area contributed by atoms with Crippen molar-refractivity contribution in [2.24, 2.45) is 7.05 Å². The first-order valence-corrected chi connectivity index (χ1v) is 8.67. The summed E-state index contributed by atoms with van der Waals surface area (Å²) in [4.78, 5) is 16.6. The number of nitrogens with zero attached hydrogens (tertiary/aromatic N) is 3. The van der Waals surface area contributed by atoms with Crippen LogP contribution in [0.3, 0.4) is 0 Å². The molecule has 24 heavy (non-hydrogen) atoms. The second-order valence-electron chi connectivity index (χ2n) is 5.91. The van der Waals surface area contributed by atoms with Gasteiger partial charge in [-0.25, -0.2) is 9.07 Å². The first-order valence-electron chi connectivity index (χ1n) is 7.88. The summed E-state index contributed by atoms with van der Waals surface area (Å²) in [6.45, 7) is 1.92. The van der Waals surface area contributed by atoms with Crippen molar-refractivity contribution in [3.63, 3.8) is 0 Å². The molecule has 0 bridgehead atoms. The molecule has 0 unspecified atom stereocenters. The van der Waals surface area contributed by atoms with Crippen LogP contribution in [0.15, 0.2) is 22.7 Å². The molecule has 8 heteroatoms. The molecular formula is C16H19BrFN5O. The molecule has 0 atom stereocenters. The Morgan fingerprint density at radius 3 is 2.92 bits per heavy atom. The van der Waals surface area contributed by atoms with E-state index in [9.17, 15) is 9.18 Å². The molecule has 0 spiro atoms. The van der Waals surface area contributed by atoms with Crippen molar-refractivity contribution in [1.82, 2.24) is 20.1 Å². The molecule has 1 fully saturated rings. The monoisotopic (exact) mass is 395 g/mol. The number of hydrogen-bond donors (Lipinski definition) is 2. The molecule has 1 aliphatic heterocycles. The zero-order chi connectivity index (χ0) is 17.1. The molecule has 2 N–H and O–H groups in total. The Hall–Kier alpha value is -1.80. The highest BCUT2D eigenvalue weighted by Crippen LogP contribution is 2.23. The van der Waals surface area contributed by atoms with Gasteiger partial charge in [-0.05, 0) is 59.6 Å². The quantitative estimate of drug-likeness (QED) is 0.833. The molecule has 128 valence electrons. The first kappa shape index (κ1) is 17.0. The second kappa shape index (κ2) is 7.40. The summed E-state index contributed by atoms with van der Waals surface area (Å²) in [7, 11) is 1.76. The van der Waals surface area contributed by atoms with Gasteiger partial charge in [-0.15, -0.1) is 0 Å². The lowest BCUT2D eigenvalue weighted by atomic mass is 9.98. The van der Waals surface area contributed by atoms with Gasteiger partial charge in [0.25, 0.3) is 0 Å². The average Bonchev–Trinajstić information content (AvgIpc) is 2.93. The lowest BCUT2D eigenvalue weighted by Gasteiger charge is -2.19. The smallest absolute Gasteiger partial charge is 0.231 e. The maximum absolute atomic E-state index is 13.5. The van der Waals surface area contributed by atoms with E-state index >= 15 is 0 Å². The van der Waals surface area contributed by atoms with Gasteiger partial charge in [-0.3, -0.25) is 10.1 Å². The highest BCUT2D eigenvalue weighted by Gasteiger charge is 2.21. The molecule has 2 heterocycles. The number of nitrogens with one attached hydrogen (secondary N) is 2. The van der Waals surface area contributed by atoms with Crippen molar-refractivity contribution in [1.29, 1.82) is 0 Å². The molecule has 0 radical (unpaired) electrons. The molecule has 1 aliphatic rings. The number of aryl methyl sites for hydroxylation is 1. The number of benzene rings is 1. The predicted molar refractivity (Wildman–Crippen MR) is 92.3 cm³/mol. The van der Waals surface area contributed by atoms with Crippen LogP contribution in [-0.4, -0.2) is 33.8 Å². The van der Waals surface area contributed by atoms with Gasteiger partial charge in [0, 0.05) is 13.0 Å². The van der Waals surface area contributed by atoms with E-state index in [0.717, 1.165) is 31.8 Å². The van der Waals surface area contributed by atoms with Crippen molar-refractivity contribution in [3.05, 3.63) is 39.9 Å². The first-order chi connectivity index (χ1) is 11.5. The number of rotatable bonds is 4. The molecule has 1 aromatic carbocycles. The highest BCUT2D eigenvalue weighted by molar-refractivity contribution is 9.10. The zero-order valence-electron chi connectivity index (χ0n) is 13.4. The fourth-order valence-corrected chi connectivity index (χ4v) is 3.02. The van der Waals surface area contributed by atoms with Crippen molar-refractivity contribution in [3.8, 4) is 0 Å². The van der Waals surface area contributed by atoms with Crippen LogP contribution in [-0.2, 0) is 18.3 Å². The van der Waals surface area contributed by atoms with Crippen LogP contribution in [0.1, 0.15) is 30.1 Å². The third kappa shape index (κ3) is 3.99. The molecule has 0 aliphatic carbocycles. The highest BCUT2D eigenvalue weighted by atomic mass is 79.9. The summed E-state index contributed by atoms with van der Waals surface area (Å²) in [5.41, 5.74) is 0.606. The number of anilines is 1. The van der Waals surface area contributed by atoms with E-state index in [4.69, 9.17) is 0 Å². The maximum Gasteiger partial charge on any atom is 0.231 e. The van der Waals surface area contributed by atoms with Crippen molar-refractivity contribution in [2.75, 3.05) is 18.4 Å². The van der Waals surface area contributed by atoms with Crippen molar-refractivity contribution < 1.29 is 9.18 Å². The van der Waals surface area contributed by atoms with Gasteiger partial charge in [0.05, 0.1) is 10.9 Å². The van der Waals surface area contributed by atoms with E-state index in [1.807, 2.05) is 0 Å². The summed E-state index contributed by atoms with van der Waals surface area (Å²) in [5, 5.41) is 10.5. The molecular weight excluding hydrogens is 377 g/mol. The number of carbonyl (C=O) groups excluding carboxylic acids is 1. The van der Waals surface area contributed by atoms with Crippen LogP contribution >= 0.6 is 15.9 Å². The Bertz CT molecular complexity index is 742. The number of piperidine rings is 1.